The third-order valence-corrected chi connectivity index (χ3v) is 3.06. The molecule has 1 aromatic rings. The minimum absolute atomic E-state index is 0.0547. The van der Waals surface area contributed by atoms with E-state index in [1.165, 1.54) is 6.92 Å². The van der Waals surface area contributed by atoms with Crippen LogP contribution in [0, 0.1) is 0 Å². The fraction of sp³-hybridized carbons (Fsp3) is 0.538. The van der Waals surface area contributed by atoms with Crippen LogP contribution in [0.1, 0.15) is 53.4 Å². The quantitative estimate of drug-likeness (QED) is 0.608. The summed E-state index contributed by atoms with van der Waals surface area (Å²) in [6, 6.07) is 1.61. The second-order valence-corrected chi connectivity index (χ2v) is 4.27. The van der Waals surface area contributed by atoms with Crippen LogP contribution in [0.4, 0.5) is 0 Å². The van der Waals surface area contributed by atoms with Gasteiger partial charge >= 0.3 is 5.97 Å². The van der Waals surface area contributed by atoms with E-state index in [0.29, 0.717) is 31.0 Å². The van der Waals surface area contributed by atoms with E-state index in [1.807, 2.05) is 11.5 Å². The number of ether oxygens (including phenoxy) is 2. The molecule has 5 nitrogen and oxygen atoms in total. The summed E-state index contributed by atoms with van der Waals surface area (Å²) in [5.74, 6) is -0.452. The smallest absolute Gasteiger partial charge is 0.340 e. The van der Waals surface area contributed by atoms with Gasteiger partial charge in [-0.15, -0.1) is 0 Å². The lowest BCUT2D eigenvalue weighted by Crippen LogP contribution is -2.23. The van der Waals surface area contributed by atoms with E-state index in [1.54, 1.807) is 13.0 Å². The second kappa shape index (κ2) is 4.94. The number of esters is 1. The van der Waals surface area contributed by atoms with Crippen LogP contribution in [0.5, 0.6) is 0 Å². The second-order valence-electron chi connectivity index (χ2n) is 4.27. The van der Waals surface area contributed by atoms with Gasteiger partial charge in [0.15, 0.2) is 5.78 Å². The standard InChI is InChI=1S/C13H17NO4/c1-4-17-13(16)10-7-11(8(2)15)14-5-6-18-9(3)12(10)14/h7,9H,4-6H2,1-3H3. The Morgan fingerprint density at radius 1 is 1.56 bits per heavy atom. The van der Waals surface area contributed by atoms with Gasteiger partial charge in [0.1, 0.15) is 0 Å². The highest BCUT2D eigenvalue weighted by Gasteiger charge is 2.29. The number of nitrogens with zero attached hydrogens (tertiary/aromatic N) is 1. The molecular weight excluding hydrogens is 234 g/mol. The molecule has 0 spiro atoms. The van der Waals surface area contributed by atoms with Crippen molar-refractivity contribution in [3.05, 3.63) is 23.0 Å². The maximum absolute atomic E-state index is 11.9. The lowest BCUT2D eigenvalue weighted by Gasteiger charge is -2.24. The largest absolute Gasteiger partial charge is 0.462 e. The van der Waals surface area contributed by atoms with Crippen LogP contribution in [0.15, 0.2) is 6.07 Å². The highest BCUT2D eigenvalue weighted by Crippen LogP contribution is 2.29. The van der Waals surface area contributed by atoms with E-state index in [4.69, 9.17) is 9.47 Å². The normalized spacial score (nSPS) is 18.3. The van der Waals surface area contributed by atoms with Crippen molar-refractivity contribution in [1.29, 1.82) is 0 Å². The Balaban J connectivity index is 2.53. The molecule has 1 aliphatic heterocycles. The number of Topliss-reactive ketones (excluding diaryl/α,β-unsaturated/α-hetero) is 1. The first-order chi connectivity index (χ1) is 8.56. The Morgan fingerprint density at radius 2 is 2.28 bits per heavy atom. The number of hydrogen-bond acceptors (Lipinski definition) is 4. The molecule has 0 aliphatic carbocycles. The monoisotopic (exact) mass is 251 g/mol. The Kier molecular flexibility index (Phi) is 3.52. The Bertz CT molecular complexity index is 489. The van der Waals surface area contributed by atoms with Crippen molar-refractivity contribution in [2.75, 3.05) is 13.2 Å². The molecule has 0 bridgehead atoms. The van der Waals surface area contributed by atoms with Gasteiger partial charge in [-0.2, -0.15) is 0 Å². The summed E-state index contributed by atoms with van der Waals surface area (Å²) < 4.78 is 12.4. The number of fused-ring (bicyclic) bond motifs is 1. The van der Waals surface area contributed by atoms with E-state index < -0.39 is 5.97 Å². The van der Waals surface area contributed by atoms with Gasteiger partial charge in [-0.1, -0.05) is 0 Å². The highest BCUT2D eigenvalue weighted by molar-refractivity contribution is 5.98. The minimum Gasteiger partial charge on any atom is -0.462 e. The molecule has 2 heterocycles. The van der Waals surface area contributed by atoms with Crippen LogP contribution in [-0.4, -0.2) is 29.5 Å². The number of aromatic nitrogens is 1. The molecule has 0 N–H and O–H groups in total. The molecule has 1 unspecified atom stereocenters. The zero-order valence-electron chi connectivity index (χ0n) is 10.9. The van der Waals surface area contributed by atoms with Gasteiger partial charge in [-0.05, 0) is 19.9 Å². The third kappa shape index (κ3) is 2.06. The number of carbonyl (C=O) groups excluding carboxylic acids is 2. The van der Waals surface area contributed by atoms with Crippen molar-refractivity contribution in [2.45, 2.75) is 33.4 Å². The molecule has 2 rings (SSSR count). The molecule has 0 aromatic carbocycles. The van der Waals surface area contributed by atoms with E-state index in [2.05, 4.69) is 0 Å². The highest BCUT2D eigenvalue weighted by atomic mass is 16.5. The van der Waals surface area contributed by atoms with Crippen molar-refractivity contribution >= 4 is 11.8 Å². The number of hydrogen-bond donors (Lipinski definition) is 0. The number of ketones is 1. The molecule has 1 atom stereocenters. The predicted octanol–water partition coefficient (Wildman–Crippen LogP) is 1.96. The molecule has 98 valence electrons. The topological polar surface area (TPSA) is 57.5 Å². The predicted molar refractivity (Wildman–Crippen MR) is 64.8 cm³/mol. The summed E-state index contributed by atoms with van der Waals surface area (Å²) in [4.78, 5) is 23.5. The molecule has 1 aliphatic rings. The summed E-state index contributed by atoms with van der Waals surface area (Å²) in [5, 5.41) is 0. The summed E-state index contributed by atoms with van der Waals surface area (Å²) in [7, 11) is 0. The van der Waals surface area contributed by atoms with Crippen LogP contribution < -0.4 is 0 Å². The van der Waals surface area contributed by atoms with E-state index in [-0.39, 0.29) is 11.9 Å². The van der Waals surface area contributed by atoms with Crippen molar-refractivity contribution in [1.82, 2.24) is 4.57 Å². The fourth-order valence-electron chi connectivity index (χ4n) is 2.31. The molecule has 5 heteroatoms. The molecule has 0 fully saturated rings. The summed E-state index contributed by atoms with van der Waals surface area (Å²) in [5.41, 5.74) is 1.72. The van der Waals surface area contributed by atoms with Crippen LogP contribution in [0.3, 0.4) is 0 Å². The van der Waals surface area contributed by atoms with Gasteiger partial charge in [0.05, 0.1) is 36.3 Å². The fourth-order valence-corrected chi connectivity index (χ4v) is 2.31. The lowest BCUT2D eigenvalue weighted by molar-refractivity contribution is 0.0286. The number of rotatable bonds is 3. The van der Waals surface area contributed by atoms with Crippen molar-refractivity contribution in [3.63, 3.8) is 0 Å². The van der Waals surface area contributed by atoms with Crippen LogP contribution in [0.2, 0.25) is 0 Å². The van der Waals surface area contributed by atoms with Gasteiger partial charge in [-0.25, -0.2) is 4.79 Å². The van der Waals surface area contributed by atoms with Gasteiger partial charge in [0.2, 0.25) is 0 Å². The van der Waals surface area contributed by atoms with Crippen molar-refractivity contribution in [3.8, 4) is 0 Å². The van der Waals surface area contributed by atoms with Gasteiger partial charge in [0.25, 0.3) is 0 Å². The van der Waals surface area contributed by atoms with E-state index in [0.717, 1.165) is 5.69 Å². The third-order valence-electron chi connectivity index (χ3n) is 3.06. The van der Waals surface area contributed by atoms with Crippen molar-refractivity contribution < 1.29 is 19.1 Å². The molecule has 0 radical (unpaired) electrons. The molecule has 18 heavy (non-hydrogen) atoms. The summed E-state index contributed by atoms with van der Waals surface area (Å²) in [6.45, 7) is 6.58. The minimum atomic E-state index is -0.397. The first-order valence-electron chi connectivity index (χ1n) is 6.09. The van der Waals surface area contributed by atoms with Crippen LogP contribution >= 0.6 is 0 Å². The maximum atomic E-state index is 11.9. The molecule has 1 aromatic heterocycles. The zero-order chi connectivity index (χ0) is 13.3. The van der Waals surface area contributed by atoms with Crippen LogP contribution in [-0.2, 0) is 16.0 Å². The summed E-state index contributed by atoms with van der Waals surface area (Å²) >= 11 is 0. The van der Waals surface area contributed by atoms with Crippen LogP contribution in [0.25, 0.3) is 0 Å². The van der Waals surface area contributed by atoms with Gasteiger partial charge < -0.3 is 14.0 Å². The zero-order valence-corrected chi connectivity index (χ0v) is 10.9. The Labute approximate surface area is 106 Å². The first kappa shape index (κ1) is 12.8. The molecular formula is C13H17NO4. The van der Waals surface area contributed by atoms with E-state index >= 15 is 0 Å². The lowest BCUT2D eigenvalue weighted by atomic mass is 10.1. The average Bonchev–Trinajstić information content (AvgIpc) is 2.70. The Hall–Kier alpha value is -1.62. The first-order valence-corrected chi connectivity index (χ1v) is 6.09. The van der Waals surface area contributed by atoms with Gasteiger partial charge in [-0.3, -0.25) is 4.79 Å². The van der Waals surface area contributed by atoms with Gasteiger partial charge in [0, 0.05) is 13.5 Å². The van der Waals surface area contributed by atoms with E-state index in [9.17, 15) is 9.59 Å². The SMILES string of the molecule is CCOC(=O)c1cc(C(C)=O)n2c1C(C)OCC2. The summed E-state index contributed by atoms with van der Waals surface area (Å²) in [6.07, 6.45) is -0.203. The molecule has 0 saturated carbocycles. The Morgan fingerprint density at radius 3 is 2.89 bits per heavy atom. The average molecular weight is 251 g/mol. The van der Waals surface area contributed by atoms with Crippen molar-refractivity contribution in [2.24, 2.45) is 0 Å². The molecule has 0 saturated heterocycles. The number of carbonyl (C=O) groups is 2. The maximum Gasteiger partial charge on any atom is 0.340 e. The molecule has 0 amide bonds.